The number of benzene rings is 2. The Morgan fingerprint density at radius 1 is 0.714 bits per heavy atom. The summed E-state index contributed by atoms with van der Waals surface area (Å²) in [4.78, 5) is 40.1. The minimum absolute atomic E-state index is 0.0106. The first-order chi connectivity index (χ1) is 23.1. The highest BCUT2D eigenvalue weighted by Gasteiger charge is 2.37. The number of alkyl halides is 6. The maximum absolute atomic E-state index is 13.6. The van der Waals surface area contributed by atoms with Gasteiger partial charge in [-0.05, 0) is 61.5 Å². The fourth-order valence-electron chi connectivity index (χ4n) is 4.54. The van der Waals surface area contributed by atoms with Crippen LogP contribution in [0.2, 0.25) is 0 Å². The quantitative estimate of drug-likeness (QED) is 0.121. The Hall–Kier alpha value is -6.18. The molecular formula is C29H21F6N9O5. The van der Waals surface area contributed by atoms with Gasteiger partial charge in [0, 0.05) is 12.1 Å². The molecule has 5 N–H and O–H groups in total. The summed E-state index contributed by atoms with van der Waals surface area (Å²) >= 11 is 0. The number of nitrogens with two attached hydrogens (primary N) is 1. The molecule has 1 amide bonds. The predicted molar refractivity (Wildman–Crippen MR) is 155 cm³/mol. The lowest BCUT2D eigenvalue weighted by atomic mass is 10.1. The highest BCUT2D eigenvalue weighted by Crippen LogP contribution is 2.35. The van der Waals surface area contributed by atoms with Crippen LogP contribution in [0, 0.1) is 0 Å². The van der Waals surface area contributed by atoms with Crippen molar-refractivity contribution in [3.05, 3.63) is 88.7 Å². The van der Waals surface area contributed by atoms with Crippen LogP contribution in [0.3, 0.4) is 0 Å². The van der Waals surface area contributed by atoms with Crippen molar-refractivity contribution in [1.29, 1.82) is 0 Å². The monoisotopic (exact) mass is 689 g/mol. The van der Waals surface area contributed by atoms with E-state index in [-0.39, 0.29) is 52.8 Å². The van der Waals surface area contributed by atoms with Crippen molar-refractivity contribution in [3.63, 3.8) is 0 Å². The average Bonchev–Trinajstić information content (AvgIpc) is 3.74. The van der Waals surface area contributed by atoms with E-state index in [0.717, 1.165) is 33.6 Å². The molecule has 49 heavy (non-hydrogen) atoms. The number of nitrogens with zero attached hydrogens (tertiary/aromatic N) is 7. The zero-order valence-electron chi connectivity index (χ0n) is 24.5. The van der Waals surface area contributed by atoms with Crippen molar-refractivity contribution in [3.8, 4) is 34.2 Å². The third kappa shape index (κ3) is 7.38. The van der Waals surface area contributed by atoms with Gasteiger partial charge in [-0.15, -0.1) is 10.2 Å². The molecule has 0 fully saturated rings. The van der Waals surface area contributed by atoms with Gasteiger partial charge in [0.05, 0.1) is 57.4 Å². The van der Waals surface area contributed by atoms with E-state index in [4.69, 9.17) is 5.73 Å². The van der Waals surface area contributed by atoms with E-state index in [9.17, 15) is 50.9 Å². The molecule has 0 radical (unpaired) electrons. The third-order valence-corrected chi connectivity index (χ3v) is 6.87. The molecule has 0 atom stereocenters. The second kappa shape index (κ2) is 13.1. The van der Waals surface area contributed by atoms with Gasteiger partial charge in [0.1, 0.15) is 11.4 Å². The first-order valence-corrected chi connectivity index (χ1v) is 13.8. The smallest absolute Gasteiger partial charge is 0.417 e. The molecule has 254 valence electrons. The van der Waals surface area contributed by atoms with Crippen molar-refractivity contribution in [2.45, 2.75) is 18.8 Å². The summed E-state index contributed by atoms with van der Waals surface area (Å²) in [6.45, 7) is 0.489. The highest BCUT2D eigenvalue weighted by molar-refractivity contribution is 5.96. The maximum Gasteiger partial charge on any atom is 0.417 e. The van der Waals surface area contributed by atoms with Crippen LogP contribution < -0.4 is 11.1 Å². The van der Waals surface area contributed by atoms with Crippen LogP contribution >= 0.6 is 0 Å². The Labute approximate surface area is 269 Å². The zero-order chi connectivity index (χ0) is 35.7. The molecule has 0 saturated heterocycles. The second-order valence-electron chi connectivity index (χ2n) is 10.2. The number of carbonyl (C=O) groups excluding carboxylic acids is 1. The summed E-state index contributed by atoms with van der Waals surface area (Å²) < 4.78 is 83.4. The molecule has 0 unspecified atom stereocenters. The molecule has 20 heteroatoms. The minimum atomic E-state index is -5.00. The SMILES string of the molecule is NCCCNC(=O)c1cc(-c2cn(-c3ccc(C(=O)O)c(C(F)(F)F)c3)nn2)nc(-c2cn(-c3ccc(C(=O)O)c(C(F)(F)F)c3)nn2)c1. The van der Waals surface area contributed by atoms with E-state index in [1.807, 2.05) is 0 Å². The van der Waals surface area contributed by atoms with E-state index in [1.165, 1.54) is 24.5 Å². The Morgan fingerprint density at radius 2 is 1.16 bits per heavy atom. The van der Waals surface area contributed by atoms with Gasteiger partial charge in [0.25, 0.3) is 5.91 Å². The standard InChI is InChI=1S/C29H21F6N9O5/c30-28(31,32)19-10-15(2-4-17(19)26(46)47)43-12-23(39-41-43)21-8-14(25(45)37-7-1-6-36)9-22(38-21)24-13-44(42-40-24)16-3-5-18(27(48)49)20(11-16)29(33,34)35/h2-5,8-13H,1,6-7,36H2,(H,37,45)(H,46,47)(H,48,49). The van der Waals surface area contributed by atoms with Crippen LogP contribution in [-0.2, 0) is 12.4 Å². The van der Waals surface area contributed by atoms with Gasteiger partial charge >= 0.3 is 24.3 Å². The van der Waals surface area contributed by atoms with Crippen LogP contribution in [0.1, 0.15) is 48.6 Å². The summed E-state index contributed by atoms with van der Waals surface area (Å²) in [5.41, 5.74) is 0.190. The van der Waals surface area contributed by atoms with Gasteiger partial charge in [0.2, 0.25) is 0 Å². The zero-order valence-corrected chi connectivity index (χ0v) is 24.5. The molecule has 0 saturated carbocycles. The Kier molecular flexibility index (Phi) is 9.16. The number of nitrogens with one attached hydrogen (secondary N) is 1. The summed E-state index contributed by atoms with van der Waals surface area (Å²) in [6, 6.07) is 7.46. The Bertz CT molecular complexity index is 1940. The number of carboxylic acids is 2. The molecule has 0 spiro atoms. The van der Waals surface area contributed by atoms with Gasteiger partial charge in [-0.25, -0.2) is 23.9 Å². The lowest BCUT2D eigenvalue weighted by molar-refractivity contribution is -0.138. The fraction of sp³-hybridized carbons (Fsp3) is 0.172. The molecule has 5 aromatic rings. The normalized spacial score (nSPS) is 11.8. The van der Waals surface area contributed by atoms with Crippen LogP contribution in [0.5, 0.6) is 0 Å². The predicted octanol–water partition coefficient (Wildman–Crippen LogP) is 4.09. The number of pyridine rings is 1. The van der Waals surface area contributed by atoms with Crippen LogP contribution in [-0.4, -0.2) is 76.1 Å². The number of aromatic nitrogens is 7. The van der Waals surface area contributed by atoms with Crippen molar-refractivity contribution in [2.24, 2.45) is 5.73 Å². The summed E-state index contributed by atoms with van der Waals surface area (Å²) in [5, 5.41) is 36.5. The van der Waals surface area contributed by atoms with Gasteiger partial charge in [-0.1, -0.05) is 10.4 Å². The summed E-state index contributed by atoms with van der Waals surface area (Å²) in [6.07, 6.45) is -7.20. The number of aromatic carboxylic acids is 2. The van der Waals surface area contributed by atoms with Crippen molar-refractivity contribution in [1.82, 2.24) is 40.3 Å². The molecule has 3 aromatic heterocycles. The molecule has 2 aromatic carbocycles. The Balaban J connectivity index is 1.56. The van der Waals surface area contributed by atoms with Gasteiger partial charge in [-0.3, -0.25) is 4.79 Å². The minimum Gasteiger partial charge on any atom is -0.478 e. The topological polar surface area (TPSA) is 204 Å². The fourth-order valence-corrected chi connectivity index (χ4v) is 4.54. The molecule has 0 aliphatic heterocycles. The first-order valence-electron chi connectivity index (χ1n) is 13.8. The van der Waals surface area contributed by atoms with Gasteiger partial charge in [0.15, 0.2) is 0 Å². The van der Waals surface area contributed by atoms with E-state index < -0.39 is 52.5 Å². The number of rotatable bonds is 10. The molecule has 0 bridgehead atoms. The van der Waals surface area contributed by atoms with Crippen LogP contribution in [0.15, 0.2) is 60.9 Å². The highest BCUT2D eigenvalue weighted by atomic mass is 19.4. The third-order valence-electron chi connectivity index (χ3n) is 6.87. The number of carbonyl (C=O) groups is 3. The molecule has 0 aliphatic rings. The molecular weight excluding hydrogens is 668 g/mol. The number of halogens is 6. The average molecular weight is 690 g/mol. The van der Waals surface area contributed by atoms with E-state index in [1.54, 1.807) is 0 Å². The van der Waals surface area contributed by atoms with Crippen molar-refractivity contribution in [2.75, 3.05) is 13.1 Å². The Morgan fingerprint density at radius 3 is 1.55 bits per heavy atom. The molecule has 5 rings (SSSR count). The number of amides is 1. The lowest BCUT2D eigenvalue weighted by Gasteiger charge is -2.12. The van der Waals surface area contributed by atoms with Crippen molar-refractivity contribution >= 4 is 17.8 Å². The van der Waals surface area contributed by atoms with Gasteiger partial charge in [-0.2, -0.15) is 26.3 Å². The molecule has 3 heterocycles. The number of hydrogen-bond acceptors (Lipinski definition) is 9. The summed E-state index contributed by atoms with van der Waals surface area (Å²) in [7, 11) is 0. The van der Waals surface area contributed by atoms with E-state index >= 15 is 0 Å². The van der Waals surface area contributed by atoms with Crippen molar-refractivity contribution < 1.29 is 50.9 Å². The van der Waals surface area contributed by atoms with E-state index in [0.29, 0.717) is 18.6 Å². The first kappa shape index (κ1) is 34.2. The number of hydrogen-bond donors (Lipinski definition) is 4. The second-order valence-corrected chi connectivity index (χ2v) is 10.2. The van der Waals surface area contributed by atoms with Crippen LogP contribution in [0.25, 0.3) is 34.2 Å². The maximum atomic E-state index is 13.6. The molecule has 14 nitrogen and oxygen atoms in total. The largest absolute Gasteiger partial charge is 0.478 e. The molecule has 0 aliphatic carbocycles. The summed E-state index contributed by atoms with van der Waals surface area (Å²) in [5.74, 6) is -4.16. The van der Waals surface area contributed by atoms with Crippen LogP contribution in [0.4, 0.5) is 26.3 Å². The number of carboxylic acid groups (broad SMARTS) is 2. The lowest BCUT2D eigenvalue weighted by Crippen LogP contribution is -2.26. The van der Waals surface area contributed by atoms with E-state index in [2.05, 4.69) is 30.9 Å². The van der Waals surface area contributed by atoms with Gasteiger partial charge < -0.3 is 21.3 Å².